The van der Waals surface area contributed by atoms with Crippen LogP contribution in [0.15, 0.2) is 24.3 Å². The topological polar surface area (TPSA) is 32.7 Å². The van der Waals surface area contributed by atoms with E-state index in [2.05, 4.69) is 11.8 Å². The predicted molar refractivity (Wildman–Crippen MR) is 59.0 cm³/mol. The van der Waals surface area contributed by atoms with E-state index in [0.29, 0.717) is 6.61 Å². The Morgan fingerprint density at radius 2 is 2.20 bits per heavy atom. The summed E-state index contributed by atoms with van der Waals surface area (Å²) in [7, 11) is 2.01. The van der Waals surface area contributed by atoms with Crippen molar-refractivity contribution in [3.63, 3.8) is 0 Å². The molecule has 0 spiro atoms. The van der Waals surface area contributed by atoms with E-state index in [1.165, 1.54) is 0 Å². The molecule has 2 atom stereocenters. The highest BCUT2D eigenvalue weighted by Gasteiger charge is 2.31. The minimum absolute atomic E-state index is 0.0601. The Hall–Kier alpha value is -1.06. The molecule has 15 heavy (non-hydrogen) atoms. The maximum absolute atomic E-state index is 10.2. The van der Waals surface area contributed by atoms with Crippen LogP contribution in [0.4, 0.5) is 0 Å². The number of aliphatic hydroxyl groups excluding tert-OH is 1. The molecule has 0 saturated carbocycles. The van der Waals surface area contributed by atoms with Crippen molar-refractivity contribution in [3.05, 3.63) is 29.8 Å². The fourth-order valence-electron chi connectivity index (χ4n) is 1.93. The molecule has 0 fully saturated rings. The zero-order chi connectivity index (χ0) is 10.8. The molecule has 0 amide bonds. The van der Waals surface area contributed by atoms with E-state index in [9.17, 15) is 5.11 Å². The van der Waals surface area contributed by atoms with Gasteiger partial charge < -0.3 is 9.84 Å². The standard InChI is InChI=1S/C12H17NO2/c1-3-13(2)10-8-15-11-7-5-4-6-9(11)12(10)14/h4-7,10,12,14H,3,8H2,1-2H3. The lowest BCUT2D eigenvalue weighted by molar-refractivity contribution is 0.0173. The Morgan fingerprint density at radius 1 is 1.47 bits per heavy atom. The van der Waals surface area contributed by atoms with E-state index in [0.717, 1.165) is 17.9 Å². The van der Waals surface area contributed by atoms with Crippen LogP contribution in [0.3, 0.4) is 0 Å². The van der Waals surface area contributed by atoms with Crippen molar-refractivity contribution in [1.29, 1.82) is 0 Å². The van der Waals surface area contributed by atoms with Crippen LogP contribution < -0.4 is 4.74 Å². The Kier molecular flexibility index (Phi) is 2.93. The van der Waals surface area contributed by atoms with Gasteiger partial charge in [-0.15, -0.1) is 0 Å². The molecule has 1 aromatic carbocycles. The van der Waals surface area contributed by atoms with Gasteiger partial charge in [0.1, 0.15) is 18.5 Å². The third-order valence-electron chi connectivity index (χ3n) is 3.08. The highest BCUT2D eigenvalue weighted by atomic mass is 16.5. The number of rotatable bonds is 2. The summed E-state index contributed by atoms with van der Waals surface area (Å²) in [6.45, 7) is 3.54. The first kappa shape index (κ1) is 10.5. The second kappa shape index (κ2) is 4.21. The number of fused-ring (bicyclic) bond motifs is 1. The van der Waals surface area contributed by atoms with Crippen molar-refractivity contribution >= 4 is 0 Å². The average Bonchev–Trinajstić information content (AvgIpc) is 2.29. The zero-order valence-electron chi connectivity index (χ0n) is 9.18. The van der Waals surface area contributed by atoms with Gasteiger partial charge in [-0.2, -0.15) is 0 Å². The Bertz CT molecular complexity index is 340. The van der Waals surface area contributed by atoms with Crippen LogP contribution >= 0.6 is 0 Å². The van der Waals surface area contributed by atoms with Crippen molar-refractivity contribution in [2.24, 2.45) is 0 Å². The maximum atomic E-state index is 10.2. The first-order chi connectivity index (χ1) is 7.24. The average molecular weight is 207 g/mol. The van der Waals surface area contributed by atoms with Crippen molar-refractivity contribution in [2.75, 3.05) is 20.2 Å². The number of hydrogen-bond donors (Lipinski definition) is 1. The molecule has 3 nitrogen and oxygen atoms in total. The monoisotopic (exact) mass is 207 g/mol. The highest BCUT2D eigenvalue weighted by molar-refractivity contribution is 5.37. The van der Waals surface area contributed by atoms with E-state index in [1.54, 1.807) is 0 Å². The largest absolute Gasteiger partial charge is 0.491 e. The van der Waals surface area contributed by atoms with E-state index in [-0.39, 0.29) is 6.04 Å². The lowest BCUT2D eigenvalue weighted by atomic mass is 9.98. The fraction of sp³-hybridized carbons (Fsp3) is 0.500. The second-order valence-corrected chi connectivity index (χ2v) is 3.93. The minimum atomic E-state index is -0.445. The molecule has 1 heterocycles. The Balaban J connectivity index is 2.25. The first-order valence-electron chi connectivity index (χ1n) is 5.34. The molecule has 1 N–H and O–H groups in total. The van der Waals surface area contributed by atoms with Gasteiger partial charge in [0, 0.05) is 5.56 Å². The normalized spacial score (nSPS) is 24.8. The highest BCUT2D eigenvalue weighted by Crippen LogP contribution is 2.33. The van der Waals surface area contributed by atoms with Gasteiger partial charge in [-0.3, -0.25) is 4.90 Å². The molecular formula is C12H17NO2. The number of para-hydroxylation sites is 1. The lowest BCUT2D eigenvalue weighted by Gasteiger charge is -2.35. The number of likely N-dealkylation sites (N-methyl/N-ethyl adjacent to an activating group) is 1. The van der Waals surface area contributed by atoms with E-state index < -0.39 is 6.10 Å². The summed E-state index contributed by atoms with van der Waals surface area (Å²) in [4.78, 5) is 2.11. The SMILES string of the molecule is CCN(C)C1COc2ccccc2C1O. The van der Waals surface area contributed by atoms with Crippen molar-refractivity contribution in [1.82, 2.24) is 4.90 Å². The van der Waals surface area contributed by atoms with Crippen LogP contribution in [0.1, 0.15) is 18.6 Å². The van der Waals surface area contributed by atoms with Crippen LogP contribution in [0.5, 0.6) is 5.75 Å². The quantitative estimate of drug-likeness (QED) is 0.796. The molecule has 1 aromatic rings. The first-order valence-corrected chi connectivity index (χ1v) is 5.34. The smallest absolute Gasteiger partial charge is 0.125 e. The minimum Gasteiger partial charge on any atom is -0.491 e. The third kappa shape index (κ3) is 1.85. The summed E-state index contributed by atoms with van der Waals surface area (Å²) in [5.74, 6) is 0.811. The fourth-order valence-corrected chi connectivity index (χ4v) is 1.93. The van der Waals surface area contributed by atoms with Crippen LogP contribution in [0, 0.1) is 0 Å². The predicted octanol–water partition coefficient (Wildman–Crippen LogP) is 1.43. The molecule has 3 heteroatoms. The molecule has 2 rings (SSSR count). The van der Waals surface area contributed by atoms with Crippen molar-refractivity contribution in [3.8, 4) is 5.75 Å². The molecule has 0 saturated heterocycles. The molecule has 0 radical (unpaired) electrons. The molecule has 1 aliphatic heterocycles. The molecular weight excluding hydrogens is 190 g/mol. The van der Waals surface area contributed by atoms with Crippen molar-refractivity contribution in [2.45, 2.75) is 19.1 Å². The molecule has 0 aromatic heterocycles. The Morgan fingerprint density at radius 3 is 2.93 bits per heavy atom. The summed E-state index contributed by atoms with van der Waals surface area (Å²) in [5, 5.41) is 10.2. The zero-order valence-corrected chi connectivity index (χ0v) is 9.18. The number of aliphatic hydroxyl groups is 1. The van der Waals surface area contributed by atoms with Crippen LogP contribution in [-0.4, -0.2) is 36.2 Å². The van der Waals surface area contributed by atoms with Gasteiger partial charge in [-0.05, 0) is 19.7 Å². The number of nitrogens with zero attached hydrogens (tertiary/aromatic N) is 1. The summed E-state index contributed by atoms with van der Waals surface area (Å²) in [5.41, 5.74) is 0.897. The third-order valence-corrected chi connectivity index (χ3v) is 3.08. The van der Waals surface area contributed by atoms with Crippen LogP contribution in [-0.2, 0) is 0 Å². The summed E-state index contributed by atoms with van der Waals surface area (Å²) < 4.78 is 5.63. The molecule has 2 unspecified atom stereocenters. The summed E-state index contributed by atoms with van der Waals surface area (Å²) >= 11 is 0. The van der Waals surface area contributed by atoms with E-state index in [1.807, 2.05) is 31.3 Å². The maximum Gasteiger partial charge on any atom is 0.125 e. The van der Waals surface area contributed by atoms with Gasteiger partial charge in [0.25, 0.3) is 0 Å². The van der Waals surface area contributed by atoms with Crippen molar-refractivity contribution < 1.29 is 9.84 Å². The number of hydrogen-bond acceptors (Lipinski definition) is 3. The van der Waals surface area contributed by atoms with Gasteiger partial charge >= 0.3 is 0 Å². The van der Waals surface area contributed by atoms with Crippen LogP contribution in [0.25, 0.3) is 0 Å². The Labute approximate surface area is 90.3 Å². The van der Waals surface area contributed by atoms with E-state index in [4.69, 9.17) is 4.74 Å². The van der Waals surface area contributed by atoms with Gasteiger partial charge in [-0.1, -0.05) is 25.1 Å². The lowest BCUT2D eigenvalue weighted by Crippen LogP contribution is -2.43. The van der Waals surface area contributed by atoms with E-state index >= 15 is 0 Å². The van der Waals surface area contributed by atoms with Gasteiger partial charge in [0.05, 0.1) is 6.04 Å². The second-order valence-electron chi connectivity index (χ2n) is 3.93. The molecule has 1 aliphatic rings. The summed E-state index contributed by atoms with van der Waals surface area (Å²) in [6, 6.07) is 7.75. The molecule has 82 valence electrons. The number of ether oxygens (including phenoxy) is 1. The number of benzene rings is 1. The molecule has 0 aliphatic carbocycles. The van der Waals surface area contributed by atoms with Gasteiger partial charge in [0.2, 0.25) is 0 Å². The van der Waals surface area contributed by atoms with Gasteiger partial charge in [-0.25, -0.2) is 0 Å². The molecule has 0 bridgehead atoms. The van der Waals surface area contributed by atoms with Gasteiger partial charge in [0.15, 0.2) is 0 Å². The van der Waals surface area contributed by atoms with Crippen LogP contribution in [0.2, 0.25) is 0 Å². The summed E-state index contributed by atoms with van der Waals surface area (Å²) in [6.07, 6.45) is -0.445.